The first-order chi connectivity index (χ1) is 12.2. The second-order valence-corrected chi connectivity index (χ2v) is 7.03. The van der Waals surface area contributed by atoms with E-state index in [0.29, 0.717) is 11.6 Å². The first kappa shape index (κ1) is 15.8. The van der Waals surface area contributed by atoms with E-state index in [1.807, 2.05) is 48.7 Å². The minimum Gasteiger partial charge on any atom is -0.493 e. The molecule has 1 aliphatic rings. The van der Waals surface area contributed by atoms with E-state index in [1.54, 1.807) is 0 Å². The molecule has 0 fully saturated rings. The van der Waals surface area contributed by atoms with E-state index in [1.165, 1.54) is 22.5 Å². The van der Waals surface area contributed by atoms with Crippen LogP contribution in [0.1, 0.15) is 16.7 Å². The topological polar surface area (TPSA) is 51.2 Å². The molecular weight excluding hydrogens is 332 g/mol. The number of carbonyl (C=O) groups excluding carboxylic acids is 1. The lowest BCUT2D eigenvalue weighted by molar-refractivity contribution is -0.115. The summed E-state index contributed by atoms with van der Waals surface area (Å²) in [5, 5.41) is 5.49. The third-order valence-electron chi connectivity index (χ3n) is 4.22. The van der Waals surface area contributed by atoms with Crippen LogP contribution < -0.4 is 10.1 Å². The van der Waals surface area contributed by atoms with Crippen LogP contribution in [0.4, 0.5) is 5.13 Å². The summed E-state index contributed by atoms with van der Waals surface area (Å²) in [6.07, 6.45) is 1.29. The lowest BCUT2D eigenvalue weighted by Crippen LogP contribution is -2.14. The fraction of sp³-hybridized carbons (Fsp3) is 0.200. The normalized spacial score (nSPS) is 12.5. The fourth-order valence-corrected chi connectivity index (χ4v) is 3.60. The maximum atomic E-state index is 12.2. The molecule has 0 spiro atoms. The third-order valence-corrected chi connectivity index (χ3v) is 4.98. The van der Waals surface area contributed by atoms with Crippen molar-refractivity contribution < 1.29 is 9.53 Å². The van der Waals surface area contributed by atoms with Crippen LogP contribution in [0.15, 0.2) is 47.8 Å². The summed E-state index contributed by atoms with van der Waals surface area (Å²) in [6.45, 7) is 2.78. The van der Waals surface area contributed by atoms with Gasteiger partial charge in [-0.25, -0.2) is 4.98 Å². The molecule has 0 aliphatic carbocycles. The highest BCUT2D eigenvalue weighted by atomic mass is 32.1. The molecule has 0 radical (unpaired) electrons. The third kappa shape index (κ3) is 3.56. The number of hydrogen-bond donors (Lipinski definition) is 1. The Morgan fingerprint density at radius 2 is 2.08 bits per heavy atom. The summed E-state index contributed by atoms with van der Waals surface area (Å²) in [7, 11) is 0. The summed E-state index contributed by atoms with van der Waals surface area (Å²) in [4.78, 5) is 16.8. The lowest BCUT2D eigenvalue weighted by atomic mass is 10.1. The Balaban J connectivity index is 1.44. The van der Waals surface area contributed by atoms with Crippen molar-refractivity contribution in [2.24, 2.45) is 0 Å². The molecule has 0 saturated heterocycles. The SMILES string of the molecule is Cc1ccc(CC(=O)Nc2nc(-c3ccc4c(c3)CCO4)cs2)cc1. The van der Waals surface area contributed by atoms with Gasteiger partial charge in [-0.05, 0) is 36.2 Å². The van der Waals surface area contributed by atoms with Crippen LogP contribution in [0, 0.1) is 6.92 Å². The molecule has 1 aromatic heterocycles. The largest absolute Gasteiger partial charge is 0.493 e. The Bertz CT molecular complexity index is 916. The van der Waals surface area contributed by atoms with E-state index in [-0.39, 0.29) is 5.91 Å². The number of fused-ring (bicyclic) bond motifs is 1. The number of anilines is 1. The molecule has 126 valence electrons. The maximum Gasteiger partial charge on any atom is 0.230 e. The summed E-state index contributed by atoms with van der Waals surface area (Å²) in [5.74, 6) is 0.915. The van der Waals surface area contributed by atoms with E-state index in [4.69, 9.17) is 4.74 Å². The summed E-state index contributed by atoms with van der Waals surface area (Å²) < 4.78 is 5.54. The monoisotopic (exact) mass is 350 g/mol. The molecule has 4 rings (SSSR count). The minimum absolute atomic E-state index is 0.0490. The van der Waals surface area contributed by atoms with Crippen molar-refractivity contribution in [3.8, 4) is 17.0 Å². The van der Waals surface area contributed by atoms with Gasteiger partial charge in [0, 0.05) is 17.4 Å². The number of rotatable bonds is 4. The van der Waals surface area contributed by atoms with Gasteiger partial charge < -0.3 is 10.1 Å². The lowest BCUT2D eigenvalue weighted by Gasteiger charge is -2.03. The maximum absolute atomic E-state index is 12.2. The van der Waals surface area contributed by atoms with Gasteiger partial charge in [0.1, 0.15) is 5.75 Å². The summed E-state index contributed by atoms with van der Waals surface area (Å²) >= 11 is 1.44. The first-order valence-corrected chi connectivity index (χ1v) is 9.12. The average Bonchev–Trinajstić information content (AvgIpc) is 3.25. The Labute approximate surface area is 150 Å². The standard InChI is InChI=1S/C20H18N2O2S/c1-13-2-4-14(5-3-13)10-19(23)22-20-21-17(12-25-20)15-6-7-18-16(11-15)8-9-24-18/h2-7,11-12H,8-10H2,1H3,(H,21,22,23). The van der Waals surface area contributed by atoms with Gasteiger partial charge in [-0.3, -0.25) is 4.79 Å². The molecule has 0 atom stereocenters. The Kier molecular flexibility index (Phi) is 4.24. The highest BCUT2D eigenvalue weighted by Gasteiger charge is 2.14. The Hall–Kier alpha value is -2.66. The van der Waals surface area contributed by atoms with Crippen molar-refractivity contribution in [2.75, 3.05) is 11.9 Å². The highest BCUT2D eigenvalue weighted by molar-refractivity contribution is 7.14. The number of benzene rings is 2. The molecule has 2 heterocycles. The molecule has 0 bridgehead atoms. The van der Waals surface area contributed by atoms with Crippen molar-refractivity contribution in [1.82, 2.24) is 4.98 Å². The van der Waals surface area contributed by atoms with Gasteiger partial charge in [0.2, 0.25) is 5.91 Å². The smallest absolute Gasteiger partial charge is 0.230 e. The second kappa shape index (κ2) is 6.69. The molecule has 4 nitrogen and oxygen atoms in total. The highest BCUT2D eigenvalue weighted by Crippen LogP contribution is 2.31. The van der Waals surface area contributed by atoms with Gasteiger partial charge in [0.15, 0.2) is 5.13 Å². The number of nitrogens with zero attached hydrogens (tertiary/aromatic N) is 1. The second-order valence-electron chi connectivity index (χ2n) is 6.17. The van der Waals surface area contributed by atoms with Crippen LogP contribution in [-0.4, -0.2) is 17.5 Å². The van der Waals surface area contributed by atoms with Gasteiger partial charge >= 0.3 is 0 Å². The van der Waals surface area contributed by atoms with Gasteiger partial charge in [-0.15, -0.1) is 11.3 Å². The van der Waals surface area contributed by atoms with Crippen LogP contribution in [0.3, 0.4) is 0 Å². The first-order valence-electron chi connectivity index (χ1n) is 8.24. The van der Waals surface area contributed by atoms with Crippen LogP contribution in [0.25, 0.3) is 11.3 Å². The molecule has 0 saturated carbocycles. The minimum atomic E-state index is -0.0490. The molecule has 1 aliphatic heterocycles. The van der Waals surface area contributed by atoms with Crippen molar-refractivity contribution in [3.63, 3.8) is 0 Å². The molecule has 1 N–H and O–H groups in total. The predicted molar refractivity (Wildman–Crippen MR) is 100 cm³/mol. The number of ether oxygens (including phenoxy) is 1. The van der Waals surface area contributed by atoms with Gasteiger partial charge in [0.05, 0.1) is 18.7 Å². The zero-order valence-electron chi connectivity index (χ0n) is 13.9. The Morgan fingerprint density at radius 3 is 2.92 bits per heavy atom. The van der Waals surface area contributed by atoms with Crippen molar-refractivity contribution in [2.45, 2.75) is 19.8 Å². The average molecular weight is 350 g/mol. The number of amides is 1. The van der Waals surface area contributed by atoms with Gasteiger partial charge in [-0.1, -0.05) is 29.8 Å². The number of thiazole rings is 1. The fourth-order valence-electron chi connectivity index (χ4n) is 2.86. The number of hydrogen-bond acceptors (Lipinski definition) is 4. The zero-order valence-corrected chi connectivity index (χ0v) is 14.7. The molecule has 0 unspecified atom stereocenters. The molecule has 1 amide bonds. The van der Waals surface area contributed by atoms with Crippen LogP contribution in [0.2, 0.25) is 0 Å². The van der Waals surface area contributed by atoms with Crippen molar-refractivity contribution in [3.05, 3.63) is 64.5 Å². The number of aromatic nitrogens is 1. The molecular formula is C20H18N2O2S. The number of carbonyl (C=O) groups is 1. The van der Waals surface area contributed by atoms with Crippen LogP contribution in [-0.2, 0) is 17.6 Å². The summed E-state index contributed by atoms with van der Waals surface area (Å²) in [5.41, 5.74) is 5.34. The summed E-state index contributed by atoms with van der Waals surface area (Å²) in [6, 6.07) is 14.1. The van der Waals surface area contributed by atoms with E-state index in [0.717, 1.165) is 35.6 Å². The molecule has 3 aromatic rings. The van der Waals surface area contributed by atoms with E-state index >= 15 is 0 Å². The van der Waals surface area contributed by atoms with Crippen LogP contribution >= 0.6 is 11.3 Å². The molecule has 5 heteroatoms. The van der Waals surface area contributed by atoms with E-state index in [2.05, 4.69) is 16.4 Å². The molecule has 25 heavy (non-hydrogen) atoms. The quantitative estimate of drug-likeness (QED) is 0.766. The van der Waals surface area contributed by atoms with Gasteiger partial charge in [0.25, 0.3) is 0 Å². The van der Waals surface area contributed by atoms with E-state index < -0.39 is 0 Å². The van der Waals surface area contributed by atoms with Crippen molar-refractivity contribution >= 4 is 22.4 Å². The van der Waals surface area contributed by atoms with Crippen LogP contribution in [0.5, 0.6) is 5.75 Å². The number of aryl methyl sites for hydroxylation is 1. The molecule has 2 aromatic carbocycles. The van der Waals surface area contributed by atoms with Crippen molar-refractivity contribution in [1.29, 1.82) is 0 Å². The zero-order chi connectivity index (χ0) is 17.2. The van der Waals surface area contributed by atoms with Gasteiger partial charge in [-0.2, -0.15) is 0 Å². The Morgan fingerprint density at radius 1 is 1.24 bits per heavy atom. The number of nitrogens with one attached hydrogen (secondary N) is 1. The predicted octanol–water partition coefficient (Wildman–Crippen LogP) is 4.23. The van der Waals surface area contributed by atoms with E-state index in [9.17, 15) is 4.79 Å².